The van der Waals surface area contributed by atoms with Gasteiger partial charge in [-0.3, -0.25) is 4.79 Å². The van der Waals surface area contributed by atoms with Crippen LogP contribution < -0.4 is 10.6 Å². The molecule has 1 saturated heterocycles. The minimum atomic E-state index is -0.308. The summed E-state index contributed by atoms with van der Waals surface area (Å²) < 4.78 is 1.70. The van der Waals surface area contributed by atoms with Crippen LogP contribution in [0.25, 0.3) is 0 Å². The molecule has 7 heteroatoms. The first kappa shape index (κ1) is 12.6. The number of anilines is 1. The molecule has 1 amide bonds. The average molecular weight is 273 g/mol. The number of rotatable bonds is 3. The molecule has 2 heterocycles. The zero-order chi connectivity index (χ0) is 14.1. The Morgan fingerprint density at radius 3 is 2.95 bits per heavy atom. The van der Waals surface area contributed by atoms with E-state index in [1.807, 2.05) is 6.92 Å². The van der Waals surface area contributed by atoms with Crippen molar-refractivity contribution in [3.05, 3.63) is 35.7 Å². The second-order valence-corrected chi connectivity index (χ2v) is 4.85. The lowest BCUT2D eigenvalue weighted by Gasteiger charge is -2.26. The fourth-order valence-electron chi connectivity index (χ4n) is 1.99. The minimum absolute atomic E-state index is 0.170. The number of aromatic nitrogens is 3. The summed E-state index contributed by atoms with van der Waals surface area (Å²) in [6, 6.07) is 5.05. The van der Waals surface area contributed by atoms with E-state index in [0.717, 1.165) is 18.7 Å². The molecule has 0 aliphatic carbocycles. The van der Waals surface area contributed by atoms with Gasteiger partial charge in [-0.1, -0.05) is 5.21 Å². The van der Waals surface area contributed by atoms with Crippen LogP contribution in [0.4, 0.5) is 5.69 Å². The van der Waals surface area contributed by atoms with Gasteiger partial charge in [0.05, 0.1) is 12.2 Å². The topological polar surface area (TPSA) is 92.1 Å². The molecule has 7 nitrogen and oxygen atoms in total. The van der Waals surface area contributed by atoms with E-state index in [0.29, 0.717) is 5.69 Å². The highest BCUT2D eigenvalue weighted by atomic mass is 16.3. The van der Waals surface area contributed by atoms with Crippen molar-refractivity contribution < 1.29 is 9.90 Å². The van der Waals surface area contributed by atoms with Gasteiger partial charge >= 0.3 is 0 Å². The Morgan fingerprint density at radius 2 is 2.30 bits per heavy atom. The maximum Gasteiger partial charge on any atom is 0.277 e. The number of carbonyl (C=O) groups is 1. The molecule has 1 aliphatic rings. The van der Waals surface area contributed by atoms with Gasteiger partial charge in [0.2, 0.25) is 0 Å². The van der Waals surface area contributed by atoms with Crippen molar-refractivity contribution in [3.63, 3.8) is 0 Å². The van der Waals surface area contributed by atoms with E-state index in [-0.39, 0.29) is 23.4 Å². The van der Waals surface area contributed by atoms with E-state index < -0.39 is 0 Å². The molecule has 1 aromatic carbocycles. The number of hydrogen-bond donors (Lipinski definition) is 3. The van der Waals surface area contributed by atoms with Gasteiger partial charge in [-0.05, 0) is 30.7 Å². The average Bonchev–Trinajstić information content (AvgIpc) is 2.80. The molecule has 0 saturated carbocycles. The molecule has 1 aliphatic heterocycles. The van der Waals surface area contributed by atoms with Crippen molar-refractivity contribution in [1.82, 2.24) is 20.3 Å². The van der Waals surface area contributed by atoms with Crippen LogP contribution in [0.5, 0.6) is 5.75 Å². The molecule has 3 rings (SSSR count). The van der Waals surface area contributed by atoms with Gasteiger partial charge in [-0.2, -0.15) is 0 Å². The number of aryl methyl sites for hydroxylation is 1. The highest BCUT2D eigenvalue weighted by molar-refractivity contribution is 6.03. The summed E-state index contributed by atoms with van der Waals surface area (Å²) in [5, 5.41) is 23.1. The summed E-state index contributed by atoms with van der Waals surface area (Å²) in [5.74, 6) is -0.138. The summed E-state index contributed by atoms with van der Waals surface area (Å²) in [6.45, 7) is 3.51. The number of nitrogens with one attached hydrogen (secondary N) is 2. The first-order chi connectivity index (χ1) is 9.63. The predicted octanol–water partition coefficient (Wildman–Crippen LogP) is 0.689. The minimum Gasteiger partial charge on any atom is -0.508 e. The Balaban J connectivity index is 1.73. The summed E-state index contributed by atoms with van der Waals surface area (Å²) in [7, 11) is 0. The van der Waals surface area contributed by atoms with E-state index in [9.17, 15) is 9.90 Å². The van der Waals surface area contributed by atoms with Crippen LogP contribution in [0.15, 0.2) is 24.4 Å². The molecule has 2 aromatic rings. The summed E-state index contributed by atoms with van der Waals surface area (Å²) >= 11 is 0. The molecular weight excluding hydrogens is 258 g/mol. The van der Waals surface area contributed by atoms with E-state index in [4.69, 9.17) is 0 Å². The van der Waals surface area contributed by atoms with Gasteiger partial charge in [-0.15, -0.1) is 5.10 Å². The van der Waals surface area contributed by atoms with Gasteiger partial charge in [0.25, 0.3) is 5.91 Å². The van der Waals surface area contributed by atoms with E-state index in [1.54, 1.807) is 23.0 Å². The lowest BCUT2D eigenvalue weighted by Crippen LogP contribution is -2.43. The Morgan fingerprint density at radius 1 is 1.50 bits per heavy atom. The zero-order valence-electron chi connectivity index (χ0n) is 11.0. The fraction of sp³-hybridized carbons (Fsp3) is 0.308. The van der Waals surface area contributed by atoms with Crippen molar-refractivity contribution in [1.29, 1.82) is 0 Å². The number of phenolic OH excluding ortho intramolecular Hbond substituents is 1. The Kier molecular flexibility index (Phi) is 3.11. The maximum absolute atomic E-state index is 12.1. The standard InChI is InChI=1S/C13H15N5O2/c1-8-4-10(19)2-3-11(8)15-13(20)12-7-18(17-16-12)9-5-14-6-9/h2-4,7,9,14,19H,5-6H2,1H3,(H,15,20). The zero-order valence-corrected chi connectivity index (χ0v) is 11.0. The summed E-state index contributed by atoms with van der Waals surface area (Å²) in [5.41, 5.74) is 1.71. The molecular formula is C13H15N5O2. The van der Waals surface area contributed by atoms with Crippen molar-refractivity contribution >= 4 is 11.6 Å². The number of phenols is 1. The third-order valence-corrected chi connectivity index (χ3v) is 3.34. The van der Waals surface area contributed by atoms with Crippen LogP contribution in [0.2, 0.25) is 0 Å². The summed E-state index contributed by atoms with van der Waals surface area (Å²) in [6.07, 6.45) is 1.65. The second-order valence-electron chi connectivity index (χ2n) is 4.85. The maximum atomic E-state index is 12.1. The second kappa shape index (κ2) is 4.93. The first-order valence-electron chi connectivity index (χ1n) is 6.37. The lowest BCUT2D eigenvalue weighted by atomic mass is 10.2. The number of aromatic hydroxyl groups is 1. The quantitative estimate of drug-likeness (QED) is 0.716. The van der Waals surface area contributed by atoms with Crippen molar-refractivity contribution in [3.8, 4) is 5.75 Å². The van der Waals surface area contributed by atoms with Crippen molar-refractivity contribution in [2.24, 2.45) is 0 Å². The summed E-state index contributed by atoms with van der Waals surface area (Å²) in [4.78, 5) is 12.1. The van der Waals surface area contributed by atoms with Gasteiger partial charge < -0.3 is 15.7 Å². The molecule has 20 heavy (non-hydrogen) atoms. The number of carbonyl (C=O) groups excluding carboxylic acids is 1. The lowest BCUT2D eigenvalue weighted by molar-refractivity contribution is 0.102. The van der Waals surface area contributed by atoms with Crippen LogP contribution >= 0.6 is 0 Å². The van der Waals surface area contributed by atoms with Crippen LogP contribution in [-0.2, 0) is 0 Å². The Hall–Kier alpha value is -2.41. The molecule has 3 N–H and O–H groups in total. The molecule has 1 fully saturated rings. The van der Waals surface area contributed by atoms with Gasteiger partial charge in [0, 0.05) is 18.8 Å². The highest BCUT2D eigenvalue weighted by Crippen LogP contribution is 2.20. The third kappa shape index (κ3) is 2.35. The molecule has 0 atom stereocenters. The van der Waals surface area contributed by atoms with E-state index in [2.05, 4.69) is 20.9 Å². The van der Waals surface area contributed by atoms with Crippen LogP contribution in [-0.4, -0.2) is 39.1 Å². The van der Waals surface area contributed by atoms with Crippen LogP contribution in [0, 0.1) is 6.92 Å². The smallest absolute Gasteiger partial charge is 0.277 e. The number of amides is 1. The molecule has 104 valence electrons. The van der Waals surface area contributed by atoms with Crippen LogP contribution in [0.1, 0.15) is 22.1 Å². The number of nitrogens with zero attached hydrogens (tertiary/aromatic N) is 3. The molecule has 0 radical (unpaired) electrons. The molecule has 1 aromatic heterocycles. The first-order valence-corrected chi connectivity index (χ1v) is 6.37. The fourth-order valence-corrected chi connectivity index (χ4v) is 1.99. The van der Waals surface area contributed by atoms with Crippen molar-refractivity contribution in [2.45, 2.75) is 13.0 Å². The number of benzene rings is 1. The van der Waals surface area contributed by atoms with E-state index >= 15 is 0 Å². The van der Waals surface area contributed by atoms with Gasteiger partial charge in [0.15, 0.2) is 5.69 Å². The monoisotopic (exact) mass is 273 g/mol. The highest BCUT2D eigenvalue weighted by Gasteiger charge is 2.21. The van der Waals surface area contributed by atoms with Gasteiger partial charge in [0.1, 0.15) is 5.75 Å². The predicted molar refractivity (Wildman–Crippen MR) is 72.7 cm³/mol. The third-order valence-electron chi connectivity index (χ3n) is 3.34. The Labute approximate surface area is 115 Å². The van der Waals surface area contributed by atoms with Crippen molar-refractivity contribution in [2.75, 3.05) is 18.4 Å². The Bertz CT molecular complexity index is 648. The van der Waals surface area contributed by atoms with Crippen LogP contribution in [0.3, 0.4) is 0 Å². The molecule has 0 unspecified atom stereocenters. The number of hydrogen-bond acceptors (Lipinski definition) is 5. The molecule has 0 bridgehead atoms. The molecule has 0 spiro atoms. The van der Waals surface area contributed by atoms with Gasteiger partial charge in [-0.25, -0.2) is 4.68 Å². The largest absolute Gasteiger partial charge is 0.508 e. The SMILES string of the molecule is Cc1cc(O)ccc1NC(=O)c1cn(C2CNC2)nn1. The normalized spacial score (nSPS) is 14.8. The van der Waals surface area contributed by atoms with E-state index in [1.165, 1.54) is 6.07 Å².